The van der Waals surface area contributed by atoms with Crippen LogP contribution in [0.15, 0.2) is 59.5 Å². The maximum absolute atomic E-state index is 11.9. The van der Waals surface area contributed by atoms with Crippen molar-refractivity contribution in [3.8, 4) is 11.6 Å². The van der Waals surface area contributed by atoms with Gasteiger partial charge in [-0.3, -0.25) is 15.1 Å². The smallest absolute Gasteiger partial charge is 0.373 e. The lowest BCUT2D eigenvalue weighted by molar-refractivity contribution is -0.385. The maximum Gasteiger partial charge on any atom is 0.373 e. The Hall–Kier alpha value is -3.59. The second-order valence-corrected chi connectivity index (χ2v) is 7.48. The number of rotatable bonds is 5. The van der Waals surface area contributed by atoms with Gasteiger partial charge >= 0.3 is 11.6 Å². The fourth-order valence-electron chi connectivity index (χ4n) is 3.07. The summed E-state index contributed by atoms with van der Waals surface area (Å²) in [6, 6.07) is 12.9. The van der Waals surface area contributed by atoms with Crippen molar-refractivity contribution in [2.24, 2.45) is 0 Å². The number of halogens is 1. The van der Waals surface area contributed by atoms with Gasteiger partial charge in [-0.2, -0.15) is 4.98 Å². The standard InChI is InChI=1S/C21H16BrN5O3/c1-12-5-7-16(13(2)10-12)26-20-19(27(28)29)21(25-11-24-20)30-17-8-6-15(22)14-4-3-9-23-18(14)17/h3-11H,1-2H3,(H,24,25,26). The van der Waals surface area contributed by atoms with Crippen LogP contribution >= 0.6 is 15.9 Å². The molecule has 2 heterocycles. The average Bonchev–Trinajstić information content (AvgIpc) is 2.72. The first-order valence-electron chi connectivity index (χ1n) is 8.99. The van der Waals surface area contributed by atoms with E-state index >= 15 is 0 Å². The van der Waals surface area contributed by atoms with Crippen molar-refractivity contribution in [1.29, 1.82) is 0 Å². The van der Waals surface area contributed by atoms with E-state index in [4.69, 9.17) is 4.74 Å². The number of fused-ring (bicyclic) bond motifs is 1. The number of aromatic nitrogens is 3. The van der Waals surface area contributed by atoms with Crippen molar-refractivity contribution in [2.75, 3.05) is 5.32 Å². The molecule has 0 aliphatic rings. The third kappa shape index (κ3) is 3.79. The highest BCUT2D eigenvalue weighted by atomic mass is 79.9. The molecule has 0 unspecified atom stereocenters. The van der Waals surface area contributed by atoms with E-state index in [1.165, 1.54) is 6.33 Å². The van der Waals surface area contributed by atoms with Crippen LogP contribution in [0.25, 0.3) is 10.9 Å². The molecule has 4 aromatic rings. The summed E-state index contributed by atoms with van der Waals surface area (Å²) in [6.07, 6.45) is 2.85. The van der Waals surface area contributed by atoms with E-state index in [1.807, 2.05) is 38.1 Å². The molecule has 30 heavy (non-hydrogen) atoms. The van der Waals surface area contributed by atoms with Crippen LogP contribution in [0.2, 0.25) is 0 Å². The van der Waals surface area contributed by atoms with Crippen molar-refractivity contribution >= 4 is 44.0 Å². The number of anilines is 2. The van der Waals surface area contributed by atoms with Crippen molar-refractivity contribution in [3.05, 3.63) is 80.7 Å². The van der Waals surface area contributed by atoms with Crippen LogP contribution < -0.4 is 10.1 Å². The van der Waals surface area contributed by atoms with Gasteiger partial charge in [-0.1, -0.05) is 39.7 Å². The number of ether oxygens (including phenoxy) is 1. The molecule has 0 amide bonds. The van der Waals surface area contributed by atoms with E-state index in [0.717, 1.165) is 21.0 Å². The second kappa shape index (κ2) is 8.03. The zero-order chi connectivity index (χ0) is 21.3. The molecular weight excluding hydrogens is 450 g/mol. The fraction of sp³-hybridized carbons (Fsp3) is 0.0952. The lowest BCUT2D eigenvalue weighted by Gasteiger charge is -2.12. The van der Waals surface area contributed by atoms with Gasteiger partial charge in [0.05, 0.1) is 4.92 Å². The van der Waals surface area contributed by atoms with Gasteiger partial charge in [0.15, 0.2) is 5.75 Å². The number of pyridine rings is 1. The van der Waals surface area contributed by atoms with Gasteiger partial charge in [-0.15, -0.1) is 0 Å². The molecule has 0 saturated heterocycles. The Morgan fingerprint density at radius 3 is 2.70 bits per heavy atom. The van der Waals surface area contributed by atoms with Gasteiger partial charge in [0.25, 0.3) is 0 Å². The molecule has 8 nitrogen and oxygen atoms in total. The van der Waals surface area contributed by atoms with E-state index in [0.29, 0.717) is 17.0 Å². The summed E-state index contributed by atoms with van der Waals surface area (Å²) in [5.41, 5.74) is 2.94. The number of aryl methyl sites for hydroxylation is 2. The molecule has 0 saturated carbocycles. The van der Waals surface area contributed by atoms with Crippen molar-refractivity contribution in [2.45, 2.75) is 13.8 Å². The van der Waals surface area contributed by atoms with E-state index in [-0.39, 0.29) is 17.4 Å². The van der Waals surface area contributed by atoms with Crippen LogP contribution in [0.4, 0.5) is 17.2 Å². The van der Waals surface area contributed by atoms with Crippen LogP contribution in [0.5, 0.6) is 11.6 Å². The zero-order valence-corrected chi connectivity index (χ0v) is 17.7. The zero-order valence-electron chi connectivity index (χ0n) is 16.1. The minimum atomic E-state index is -0.560. The Bertz CT molecular complexity index is 1280. The number of nitrogens with one attached hydrogen (secondary N) is 1. The lowest BCUT2D eigenvalue weighted by atomic mass is 10.1. The molecule has 0 atom stereocenters. The molecule has 9 heteroatoms. The van der Waals surface area contributed by atoms with Crippen molar-refractivity contribution in [3.63, 3.8) is 0 Å². The molecule has 0 spiro atoms. The van der Waals surface area contributed by atoms with Crippen LogP contribution in [0, 0.1) is 24.0 Å². The van der Waals surface area contributed by atoms with Gasteiger partial charge in [-0.05, 0) is 43.7 Å². The van der Waals surface area contributed by atoms with Gasteiger partial charge in [-0.25, -0.2) is 4.98 Å². The second-order valence-electron chi connectivity index (χ2n) is 6.62. The summed E-state index contributed by atoms with van der Waals surface area (Å²) in [5, 5.41) is 15.7. The van der Waals surface area contributed by atoms with E-state index in [2.05, 4.69) is 36.2 Å². The van der Waals surface area contributed by atoms with E-state index in [9.17, 15) is 10.1 Å². The number of hydrogen-bond donors (Lipinski definition) is 1. The summed E-state index contributed by atoms with van der Waals surface area (Å²) in [4.78, 5) is 23.7. The Morgan fingerprint density at radius 1 is 1.10 bits per heavy atom. The third-order valence-corrected chi connectivity index (χ3v) is 5.18. The molecule has 0 aliphatic carbocycles. The highest BCUT2D eigenvalue weighted by Crippen LogP contribution is 2.38. The first-order valence-corrected chi connectivity index (χ1v) is 9.78. The van der Waals surface area contributed by atoms with Crippen LogP contribution in [0.3, 0.4) is 0 Å². The highest BCUT2D eigenvalue weighted by Gasteiger charge is 2.26. The van der Waals surface area contributed by atoms with Crippen molar-refractivity contribution in [1.82, 2.24) is 15.0 Å². The number of nitrogens with zero attached hydrogens (tertiary/aromatic N) is 4. The molecule has 0 bridgehead atoms. The van der Waals surface area contributed by atoms with Crippen molar-refractivity contribution < 1.29 is 9.66 Å². The minimum absolute atomic E-state index is 0.0475. The fourth-order valence-corrected chi connectivity index (χ4v) is 3.53. The molecule has 0 fully saturated rings. The first kappa shape index (κ1) is 19.7. The van der Waals surface area contributed by atoms with Crippen LogP contribution in [-0.4, -0.2) is 19.9 Å². The highest BCUT2D eigenvalue weighted by molar-refractivity contribution is 9.10. The molecule has 1 N–H and O–H groups in total. The van der Waals surface area contributed by atoms with Gasteiger partial charge in [0.2, 0.25) is 5.82 Å². The average molecular weight is 466 g/mol. The third-order valence-electron chi connectivity index (χ3n) is 4.49. The Labute approximate surface area is 180 Å². The predicted octanol–water partition coefficient (Wildman–Crippen LogP) is 5.85. The summed E-state index contributed by atoms with van der Waals surface area (Å²) in [6.45, 7) is 3.89. The minimum Gasteiger partial charge on any atom is -0.431 e. The molecule has 0 aliphatic heterocycles. The Balaban J connectivity index is 1.77. The van der Waals surface area contributed by atoms with Gasteiger partial charge < -0.3 is 10.1 Å². The number of nitro groups is 1. The monoisotopic (exact) mass is 465 g/mol. The van der Waals surface area contributed by atoms with E-state index < -0.39 is 4.92 Å². The number of benzene rings is 2. The summed E-state index contributed by atoms with van der Waals surface area (Å²) in [7, 11) is 0. The summed E-state index contributed by atoms with van der Waals surface area (Å²) in [5.74, 6) is 0.232. The lowest BCUT2D eigenvalue weighted by Crippen LogP contribution is -2.04. The molecule has 4 rings (SSSR count). The summed E-state index contributed by atoms with van der Waals surface area (Å²) >= 11 is 3.48. The largest absolute Gasteiger partial charge is 0.431 e. The molecule has 2 aromatic heterocycles. The topological polar surface area (TPSA) is 103 Å². The SMILES string of the molecule is Cc1ccc(Nc2ncnc(Oc3ccc(Br)c4cccnc34)c2[N+](=O)[O-])c(C)c1. The molecule has 2 aromatic carbocycles. The van der Waals surface area contributed by atoms with Gasteiger partial charge in [0, 0.05) is 21.7 Å². The summed E-state index contributed by atoms with van der Waals surface area (Å²) < 4.78 is 6.69. The molecule has 0 radical (unpaired) electrons. The Morgan fingerprint density at radius 2 is 1.93 bits per heavy atom. The first-order chi connectivity index (χ1) is 14.4. The quantitative estimate of drug-likeness (QED) is 0.291. The van der Waals surface area contributed by atoms with Crippen LogP contribution in [-0.2, 0) is 0 Å². The van der Waals surface area contributed by atoms with Gasteiger partial charge in [0.1, 0.15) is 11.8 Å². The Kier molecular flexibility index (Phi) is 5.28. The molecular formula is C21H16BrN5O3. The predicted molar refractivity (Wildman–Crippen MR) is 117 cm³/mol. The van der Waals surface area contributed by atoms with E-state index in [1.54, 1.807) is 24.4 Å². The van der Waals surface area contributed by atoms with Crippen LogP contribution in [0.1, 0.15) is 11.1 Å². The normalized spacial score (nSPS) is 10.8. The number of hydrogen-bond acceptors (Lipinski definition) is 7. The molecule has 150 valence electrons. The maximum atomic E-state index is 11.9.